The van der Waals surface area contributed by atoms with E-state index in [1.54, 1.807) is 4.90 Å². The lowest BCUT2D eigenvalue weighted by atomic mass is 9.87. The second-order valence-electron chi connectivity index (χ2n) is 4.24. The first kappa shape index (κ1) is 10.5. The van der Waals surface area contributed by atoms with E-state index in [1.807, 2.05) is 0 Å². The summed E-state index contributed by atoms with van der Waals surface area (Å²) in [6, 6.07) is 0. The molecule has 14 heavy (non-hydrogen) atoms. The van der Waals surface area contributed by atoms with Crippen LogP contribution in [-0.4, -0.2) is 41.8 Å². The van der Waals surface area contributed by atoms with Crippen LogP contribution in [0.4, 0.5) is 0 Å². The van der Waals surface area contributed by atoms with E-state index in [0.717, 1.165) is 39.0 Å². The number of rotatable bonds is 1. The number of amides is 1. The molecule has 1 unspecified atom stereocenters. The molecule has 1 atom stereocenters. The number of carbonyl (C=O) groups excluding carboxylic acids is 1. The smallest absolute Gasteiger partial charge is 0.255 e. The molecule has 2 fully saturated rings. The van der Waals surface area contributed by atoms with Gasteiger partial charge in [0.15, 0.2) is 4.84 Å². The third-order valence-corrected chi connectivity index (χ3v) is 3.64. The van der Waals surface area contributed by atoms with E-state index in [9.17, 15) is 4.79 Å². The van der Waals surface area contributed by atoms with E-state index in [0.29, 0.717) is 5.41 Å². The van der Waals surface area contributed by atoms with Crippen molar-refractivity contribution in [3.63, 3.8) is 0 Å². The van der Waals surface area contributed by atoms with Gasteiger partial charge in [0.05, 0.1) is 0 Å². The Labute approximate surface area is 93.7 Å². The highest BCUT2D eigenvalue weighted by atomic mass is 35.5. The molecule has 1 N–H and O–H groups in total. The van der Waals surface area contributed by atoms with Gasteiger partial charge < -0.3 is 10.2 Å². The van der Waals surface area contributed by atoms with Crippen LogP contribution in [0.15, 0.2) is 0 Å². The fourth-order valence-electron chi connectivity index (χ4n) is 2.41. The number of hydrogen-bond donors (Lipinski definition) is 1. The molecule has 0 saturated carbocycles. The Hall–Kier alpha value is 0.01000. The molecule has 5 heteroatoms. The van der Waals surface area contributed by atoms with Crippen molar-refractivity contribution in [3.05, 3.63) is 0 Å². The zero-order chi connectivity index (χ0) is 10.2. The zero-order valence-corrected chi connectivity index (χ0v) is 9.44. The predicted octanol–water partition coefficient (Wildman–Crippen LogP) is 1.00. The Kier molecular flexibility index (Phi) is 2.91. The molecular formula is C9H14Cl2N2O. The van der Waals surface area contributed by atoms with Crippen LogP contribution in [0.3, 0.4) is 0 Å². The summed E-state index contributed by atoms with van der Waals surface area (Å²) in [6.45, 7) is 3.70. The van der Waals surface area contributed by atoms with Crippen molar-refractivity contribution in [1.82, 2.24) is 10.2 Å². The van der Waals surface area contributed by atoms with Gasteiger partial charge in [-0.15, -0.1) is 0 Å². The van der Waals surface area contributed by atoms with E-state index in [-0.39, 0.29) is 5.91 Å². The minimum Gasteiger partial charge on any atom is -0.340 e. The van der Waals surface area contributed by atoms with Crippen molar-refractivity contribution < 1.29 is 4.79 Å². The quantitative estimate of drug-likeness (QED) is 0.690. The highest BCUT2D eigenvalue weighted by molar-refractivity contribution is 6.53. The van der Waals surface area contributed by atoms with E-state index < -0.39 is 4.84 Å². The third-order valence-electron chi connectivity index (χ3n) is 3.27. The first-order valence-corrected chi connectivity index (χ1v) is 5.78. The summed E-state index contributed by atoms with van der Waals surface area (Å²) >= 11 is 11.1. The summed E-state index contributed by atoms with van der Waals surface area (Å²) < 4.78 is 0. The first-order valence-electron chi connectivity index (χ1n) is 4.91. The van der Waals surface area contributed by atoms with Gasteiger partial charge >= 0.3 is 0 Å². The maximum atomic E-state index is 11.5. The Morgan fingerprint density at radius 3 is 2.79 bits per heavy atom. The highest BCUT2D eigenvalue weighted by Crippen LogP contribution is 2.36. The molecule has 2 rings (SSSR count). The largest absolute Gasteiger partial charge is 0.340 e. The van der Waals surface area contributed by atoms with Crippen LogP contribution < -0.4 is 5.32 Å². The van der Waals surface area contributed by atoms with Crippen molar-refractivity contribution in [2.24, 2.45) is 5.41 Å². The molecular weight excluding hydrogens is 223 g/mol. The van der Waals surface area contributed by atoms with E-state index in [2.05, 4.69) is 5.32 Å². The summed E-state index contributed by atoms with van der Waals surface area (Å²) in [5, 5.41) is 3.34. The Balaban J connectivity index is 1.97. The monoisotopic (exact) mass is 236 g/mol. The van der Waals surface area contributed by atoms with Crippen LogP contribution in [0.2, 0.25) is 0 Å². The molecule has 2 aliphatic heterocycles. The molecule has 1 amide bonds. The van der Waals surface area contributed by atoms with Crippen molar-refractivity contribution >= 4 is 29.1 Å². The van der Waals surface area contributed by atoms with Crippen molar-refractivity contribution in [3.8, 4) is 0 Å². The molecule has 80 valence electrons. The maximum absolute atomic E-state index is 11.5. The van der Waals surface area contributed by atoms with Crippen LogP contribution in [0.5, 0.6) is 0 Å². The SMILES string of the molecule is O=C(C(Cl)Cl)N1CCC2(CCNC2)C1. The second kappa shape index (κ2) is 3.87. The summed E-state index contributed by atoms with van der Waals surface area (Å²) in [4.78, 5) is 12.4. The van der Waals surface area contributed by atoms with Crippen LogP contribution in [0, 0.1) is 5.41 Å². The standard InChI is InChI=1S/C9H14Cl2N2O/c10-7(11)8(14)13-4-2-9(6-13)1-3-12-5-9/h7,12H,1-6H2. The molecule has 0 aliphatic carbocycles. The summed E-state index contributed by atoms with van der Waals surface area (Å²) in [5.74, 6) is -0.142. The van der Waals surface area contributed by atoms with Gasteiger partial charge in [0.25, 0.3) is 5.91 Å². The van der Waals surface area contributed by atoms with Gasteiger partial charge in [-0.25, -0.2) is 0 Å². The number of nitrogens with zero attached hydrogens (tertiary/aromatic N) is 1. The van der Waals surface area contributed by atoms with Crippen LogP contribution in [0.1, 0.15) is 12.8 Å². The zero-order valence-electron chi connectivity index (χ0n) is 7.93. The Morgan fingerprint density at radius 1 is 1.43 bits per heavy atom. The average molecular weight is 237 g/mol. The molecule has 2 heterocycles. The molecule has 1 spiro atoms. The lowest BCUT2D eigenvalue weighted by Crippen LogP contribution is -2.36. The molecule has 0 bridgehead atoms. The van der Waals surface area contributed by atoms with Gasteiger partial charge in [-0.05, 0) is 19.4 Å². The molecule has 0 aromatic heterocycles. The van der Waals surface area contributed by atoms with Crippen molar-refractivity contribution in [2.45, 2.75) is 17.7 Å². The topological polar surface area (TPSA) is 32.3 Å². The highest BCUT2D eigenvalue weighted by Gasteiger charge is 2.42. The lowest BCUT2D eigenvalue weighted by molar-refractivity contribution is -0.128. The van der Waals surface area contributed by atoms with Gasteiger partial charge in [0.1, 0.15) is 0 Å². The van der Waals surface area contributed by atoms with Gasteiger partial charge in [0.2, 0.25) is 0 Å². The molecule has 0 aromatic rings. The summed E-state index contributed by atoms with van der Waals surface area (Å²) in [6.07, 6.45) is 2.23. The van der Waals surface area contributed by atoms with E-state index >= 15 is 0 Å². The molecule has 0 aromatic carbocycles. The van der Waals surface area contributed by atoms with Crippen molar-refractivity contribution in [1.29, 1.82) is 0 Å². The van der Waals surface area contributed by atoms with Crippen LogP contribution in [0.25, 0.3) is 0 Å². The minimum atomic E-state index is -0.903. The lowest BCUT2D eigenvalue weighted by Gasteiger charge is -2.22. The fourth-order valence-corrected chi connectivity index (χ4v) is 2.68. The molecule has 2 aliphatic rings. The number of alkyl halides is 2. The van der Waals surface area contributed by atoms with Gasteiger partial charge in [0, 0.05) is 25.0 Å². The predicted molar refractivity (Wildman–Crippen MR) is 56.6 cm³/mol. The molecule has 0 radical (unpaired) electrons. The normalized spacial score (nSPS) is 32.1. The number of nitrogens with one attached hydrogen (secondary N) is 1. The molecule has 3 nitrogen and oxygen atoms in total. The number of likely N-dealkylation sites (tertiary alicyclic amines) is 1. The Bertz CT molecular complexity index is 239. The fraction of sp³-hybridized carbons (Fsp3) is 0.889. The first-order chi connectivity index (χ1) is 6.63. The van der Waals surface area contributed by atoms with Gasteiger partial charge in [-0.1, -0.05) is 23.2 Å². The third kappa shape index (κ3) is 1.86. The minimum absolute atomic E-state index is 0.142. The number of hydrogen-bond acceptors (Lipinski definition) is 2. The van der Waals surface area contributed by atoms with Crippen molar-refractivity contribution in [2.75, 3.05) is 26.2 Å². The maximum Gasteiger partial charge on any atom is 0.255 e. The van der Waals surface area contributed by atoms with E-state index in [4.69, 9.17) is 23.2 Å². The average Bonchev–Trinajstić information content (AvgIpc) is 2.76. The number of halogens is 2. The summed E-state index contributed by atoms with van der Waals surface area (Å²) in [5.41, 5.74) is 0.304. The van der Waals surface area contributed by atoms with Gasteiger partial charge in [-0.2, -0.15) is 0 Å². The van der Waals surface area contributed by atoms with E-state index in [1.165, 1.54) is 0 Å². The number of carbonyl (C=O) groups is 1. The Morgan fingerprint density at radius 2 is 2.21 bits per heavy atom. The van der Waals surface area contributed by atoms with Gasteiger partial charge in [-0.3, -0.25) is 4.79 Å². The van der Waals surface area contributed by atoms with Crippen LogP contribution >= 0.6 is 23.2 Å². The second-order valence-corrected chi connectivity index (χ2v) is 5.33. The van der Waals surface area contributed by atoms with Crippen LogP contribution in [-0.2, 0) is 4.79 Å². The summed E-state index contributed by atoms with van der Waals surface area (Å²) in [7, 11) is 0. The molecule has 2 saturated heterocycles.